The van der Waals surface area contributed by atoms with Crippen molar-refractivity contribution in [3.8, 4) is 11.5 Å². The monoisotopic (exact) mass is 431 g/mol. The number of phenols is 2. The van der Waals surface area contributed by atoms with Gasteiger partial charge in [-0.25, -0.2) is 0 Å². The summed E-state index contributed by atoms with van der Waals surface area (Å²) in [6.45, 7) is 10.8. The zero-order chi connectivity index (χ0) is 22.3. The molecule has 1 aliphatic carbocycles. The highest BCUT2D eigenvalue weighted by molar-refractivity contribution is 5.70. The summed E-state index contributed by atoms with van der Waals surface area (Å²) in [4.78, 5) is 14.6. The van der Waals surface area contributed by atoms with Gasteiger partial charge in [-0.1, -0.05) is 19.6 Å². The largest absolute Gasteiger partial charge is 0.504 e. The number of nitrogens with zero attached hydrogens (tertiary/aromatic N) is 1. The summed E-state index contributed by atoms with van der Waals surface area (Å²) in [6, 6.07) is 1.96. The number of esters is 1. The molecule has 2 N–H and O–H groups in total. The fraction of sp³-hybridized carbons (Fsp3) is 0.654. The van der Waals surface area contributed by atoms with Crippen LogP contribution >= 0.6 is 0 Å². The summed E-state index contributed by atoms with van der Waals surface area (Å²) < 4.78 is 5.44. The molecule has 5 nitrogen and oxygen atoms in total. The lowest BCUT2D eigenvalue weighted by Crippen LogP contribution is -2.54. The second kappa shape index (κ2) is 9.23. The number of aromatic hydroxyl groups is 2. The summed E-state index contributed by atoms with van der Waals surface area (Å²) in [5, 5.41) is 21.6. The van der Waals surface area contributed by atoms with Crippen molar-refractivity contribution in [1.82, 2.24) is 4.90 Å². The highest BCUT2D eigenvalue weighted by atomic mass is 16.6. The van der Waals surface area contributed by atoms with Gasteiger partial charge in [0.25, 0.3) is 0 Å². The first-order valence-electron chi connectivity index (χ1n) is 11.1. The van der Waals surface area contributed by atoms with Crippen LogP contribution in [0.3, 0.4) is 0 Å². The van der Waals surface area contributed by atoms with E-state index in [1.807, 2.05) is 27.7 Å². The Morgan fingerprint density at radius 2 is 1.97 bits per heavy atom. The van der Waals surface area contributed by atoms with Crippen molar-refractivity contribution in [2.75, 3.05) is 13.6 Å². The van der Waals surface area contributed by atoms with Gasteiger partial charge in [-0.3, -0.25) is 4.79 Å². The molecule has 2 aliphatic rings. The van der Waals surface area contributed by atoms with Crippen molar-refractivity contribution >= 4 is 5.97 Å². The molecule has 0 radical (unpaired) electrons. The lowest BCUT2D eigenvalue weighted by atomic mass is 9.58. The van der Waals surface area contributed by atoms with Crippen LogP contribution in [0.2, 0.25) is 0 Å². The molecule has 0 bridgehead atoms. The minimum absolute atomic E-state index is 0. The van der Waals surface area contributed by atoms with Gasteiger partial charge in [-0.15, -0.1) is 0 Å². The third-order valence-electron chi connectivity index (χ3n) is 7.03. The molecule has 1 heterocycles. The molecular weight excluding hydrogens is 390 g/mol. The number of allylic oxidation sites excluding steroid dienone is 1. The van der Waals surface area contributed by atoms with E-state index >= 15 is 0 Å². The Bertz CT molecular complexity index is 839. The van der Waals surface area contributed by atoms with Gasteiger partial charge in [-0.2, -0.15) is 0 Å². The van der Waals surface area contributed by atoms with Crippen LogP contribution in [0.1, 0.15) is 77.5 Å². The Morgan fingerprint density at radius 3 is 2.61 bits per heavy atom. The minimum atomic E-state index is -0.515. The topological polar surface area (TPSA) is 70.0 Å². The Balaban J connectivity index is 0.00000341. The Morgan fingerprint density at radius 1 is 1.29 bits per heavy atom. The molecule has 3 atom stereocenters. The Hall–Kier alpha value is -2.01. The van der Waals surface area contributed by atoms with Crippen LogP contribution in [-0.2, 0) is 21.4 Å². The predicted octanol–water partition coefficient (Wildman–Crippen LogP) is 5.24. The maximum atomic E-state index is 12.2. The molecule has 3 unspecified atom stereocenters. The fourth-order valence-electron chi connectivity index (χ4n) is 5.43. The van der Waals surface area contributed by atoms with E-state index in [0.717, 1.165) is 42.5 Å². The highest BCUT2D eigenvalue weighted by Crippen LogP contribution is 2.54. The summed E-state index contributed by atoms with van der Waals surface area (Å²) in [5.74, 6) is -0.0645. The van der Waals surface area contributed by atoms with Crippen molar-refractivity contribution in [3.05, 3.63) is 34.9 Å². The van der Waals surface area contributed by atoms with Gasteiger partial charge < -0.3 is 19.8 Å². The number of rotatable bonds is 4. The molecule has 0 aromatic heterocycles. The van der Waals surface area contributed by atoms with Gasteiger partial charge >= 0.3 is 5.97 Å². The number of piperidine rings is 1. The molecule has 3 rings (SSSR count). The zero-order valence-electron chi connectivity index (χ0n) is 19.3. The molecule has 1 aromatic carbocycles. The van der Waals surface area contributed by atoms with Gasteiger partial charge in [-0.05, 0) is 91.1 Å². The van der Waals surface area contributed by atoms with Crippen LogP contribution in [0, 0.1) is 12.8 Å². The van der Waals surface area contributed by atoms with Crippen LogP contribution in [0.5, 0.6) is 11.5 Å². The van der Waals surface area contributed by atoms with E-state index in [1.54, 1.807) is 6.07 Å². The summed E-state index contributed by atoms with van der Waals surface area (Å²) >= 11 is 0. The average molecular weight is 432 g/mol. The van der Waals surface area contributed by atoms with Crippen molar-refractivity contribution < 1.29 is 19.7 Å². The third kappa shape index (κ3) is 4.92. The second-order valence-electron chi connectivity index (χ2n) is 10.1. The predicted molar refractivity (Wildman–Crippen MR) is 126 cm³/mol. The number of hydrogen-bond donors (Lipinski definition) is 2. The Labute approximate surface area is 188 Å². The van der Waals surface area contributed by atoms with Gasteiger partial charge in [0.2, 0.25) is 0 Å². The summed E-state index contributed by atoms with van der Waals surface area (Å²) in [5.41, 5.74) is 2.05. The molecule has 31 heavy (non-hydrogen) atoms. The van der Waals surface area contributed by atoms with Gasteiger partial charge in [0, 0.05) is 29.4 Å². The van der Waals surface area contributed by atoms with E-state index in [1.165, 1.54) is 0 Å². The summed E-state index contributed by atoms with van der Waals surface area (Å²) in [6.07, 6.45) is 8.13. The molecule has 1 aromatic rings. The van der Waals surface area contributed by atoms with Crippen LogP contribution in [0.4, 0.5) is 0 Å². The van der Waals surface area contributed by atoms with Crippen LogP contribution in [0.25, 0.3) is 0 Å². The number of aryl methyl sites for hydroxylation is 1. The van der Waals surface area contributed by atoms with Gasteiger partial charge in [0.05, 0.1) is 0 Å². The quantitative estimate of drug-likeness (QED) is 0.387. The van der Waals surface area contributed by atoms with E-state index < -0.39 is 5.60 Å². The van der Waals surface area contributed by atoms with Crippen LogP contribution in [0.15, 0.2) is 18.2 Å². The lowest BCUT2D eigenvalue weighted by Gasteiger charge is -2.52. The molecular formula is C26H41NO4. The minimum Gasteiger partial charge on any atom is -0.504 e. The highest BCUT2D eigenvalue weighted by Gasteiger charge is 2.49. The summed E-state index contributed by atoms with van der Waals surface area (Å²) in [7, 11) is 2.15. The average Bonchev–Trinajstić information content (AvgIpc) is 2.66. The molecule has 5 heteroatoms. The molecule has 0 saturated carbocycles. The maximum Gasteiger partial charge on any atom is 0.306 e. The molecule has 0 amide bonds. The SMILES string of the molecule is C.Cc1c(CCC(=O)OC(C)(C)C)cc(O)c(O)c1C12CCC=CC1C(C)N(C)CC2. The normalized spacial score (nSPS) is 26.1. The molecule has 1 fully saturated rings. The number of ether oxygens (including phenoxy) is 1. The number of carbonyl (C=O) groups excluding carboxylic acids is 1. The van der Waals surface area contributed by atoms with Crippen LogP contribution < -0.4 is 0 Å². The van der Waals surface area contributed by atoms with E-state index in [0.29, 0.717) is 12.5 Å². The molecule has 0 spiro atoms. The number of benzene rings is 1. The van der Waals surface area contributed by atoms with Crippen molar-refractivity contribution in [3.63, 3.8) is 0 Å². The fourth-order valence-corrected chi connectivity index (χ4v) is 5.43. The van der Waals surface area contributed by atoms with Crippen molar-refractivity contribution in [2.45, 2.75) is 91.2 Å². The molecule has 1 saturated heterocycles. The number of phenolic OH excluding ortho intramolecular Hbond substituents is 2. The van der Waals surface area contributed by atoms with Crippen molar-refractivity contribution in [1.29, 1.82) is 0 Å². The molecule has 174 valence electrons. The number of likely N-dealkylation sites (tertiary alicyclic amines) is 1. The van der Waals surface area contributed by atoms with Crippen LogP contribution in [-0.4, -0.2) is 46.3 Å². The maximum absolute atomic E-state index is 12.2. The third-order valence-corrected chi connectivity index (χ3v) is 7.03. The van der Waals surface area contributed by atoms with E-state index in [9.17, 15) is 15.0 Å². The second-order valence-corrected chi connectivity index (χ2v) is 10.1. The number of carbonyl (C=O) groups is 1. The van der Waals surface area contributed by atoms with Gasteiger partial charge in [0.15, 0.2) is 11.5 Å². The standard InChI is InChI=1S/C25H37NO4.CH4/c1-16-18(10-11-21(28)30-24(3,4)5)15-20(27)23(29)22(16)25-12-8-7-9-19(25)17(2)26(6)14-13-25;/h7,9,15,17,19,27,29H,8,10-14H2,1-6H3;1H4. The van der Waals surface area contributed by atoms with Crippen molar-refractivity contribution in [2.24, 2.45) is 5.92 Å². The Kier molecular flexibility index (Phi) is 7.52. The number of hydrogen-bond acceptors (Lipinski definition) is 5. The first-order valence-corrected chi connectivity index (χ1v) is 11.1. The van der Waals surface area contributed by atoms with E-state index in [-0.39, 0.29) is 42.6 Å². The first kappa shape index (κ1) is 25.3. The zero-order valence-corrected chi connectivity index (χ0v) is 19.3. The van der Waals surface area contributed by atoms with E-state index in [2.05, 4.69) is 31.0 Å². The smallest absolute Gasteiger partial charge is 0.306 e. The molecule has 1 aliphatic heterocycles. The first-order chi connectivity index (χ1) is 14.0. The van der Waals surface area contributed by atoms with Gasteiger partial charge in [0.1, 0.15) is 5.60 Å². The number of fused-ring (bicyclic) bond motifs is 1. The van der Waals surface area contributed by atoms with E-state index in [4.69, 9.17) is 4.74 Å². The lowest BCUT2D eigenvalue weighted by molar-refractivity contribution is -0.154.